The summed E-state index contributed by atoms with van der Waals surface area (Å²) in [6, 6.07) is 0. The molecule has 2 aliphatic rings. The highest BCUT2D eigenvalue weighted by atomic mass is 28.6. The van der Waals surface area contributed by atoms with Gasteiger partial charge < -0.3 is 33.5 Å². The highest BCUT2D eigenvalue weighted by molar-refractivity contribution is 6.95. The lowest BCUT2D eigenvalue weighted by molar-refractivity contribution is -0.0688. The Morgan fingerprint density at radius 2 is 0.857 bits per heavy atom. The minimum atomic E-state index is -3.32. The molecule has 8 nitrogen and oxygen atoms in total. The van der Waals surface area contributed by atoms with Crippen LogP contribution in [0.25, 0.3) is 0 Å². The third-order valence-electron chi connectivity index (χ3n) is 2.72. The molecule has 0 radical (unpaired) electrons. The standard InChI is InChI=1S/C8H24O8Si5/c1-9-20(10-2)15-21(16-20)13-18(5,6)11-17(3,4)12-19(7,8)14-21/h1-8H3. The van der Waals surface area contributed by atoms with Crippen molar-refractivity contribution in [3.63, 3.8) is 0 Å². The van der Waals surface area contributed by atoms with Crippen LogP contribution in [0.15, 0.2) is 0 Å². The number of hydrogen-bond donors (Lipinski definition) is 0. The quantitative estimate of drug-likeness (QED) is 0.657. The maximum Gasteiger partial charge on any atom is 0.667 e. The predicted molar refractivity (Wildman–Crippen MR) is 84.5 cm³/mol. The van der Waals surface area contributed by atoms with Gasteiger partial charge in [0.15, 0.2) is 0 Å². The fourth-order valence-electron chi connectivity index (χ4n) is 2.52. The molecule has 0 saturated carbocycles. The second-order valence-corrected chi connectivity index (χ2v) is 22.3. The van der Waals surface area contributed by atoms with E-state index in [9.17, 15) is 0 Å². The number of hydrogen-bond acceptors (Lipinski definition) is 8. The van der Waals surface area contributed by atoms with E-state index in [0.717, 1.165) is 0 Å². The summed E-state index contributed by atoms with van der Waals surface area (Å²) < 4.78 is 46.6. The Morgan fingerprint density at radius 3 is 1.19 bits per heavy atom. The molecule has 0 atom stereocenters. The molecule has 13 heteroatoms. The third kappa shape index (κ3) is 4.00. The smallest absolute Gasteiger partial charge is 0.416 e. The molecule has 21 heavy (non-hydrogen) atoms. The summed E-state index contributed by atoms with van der Waals surface area (Å²) in [6.07, 6.45) is 0. The molecule has 0 unspecified atom stereocenters. The molecule has 0 aliphatic carbocycles. The van der Waals surface area contributed by atoms with E-state index in [1.54, 1.807) is 0 Å². The van der Waals surface area contributed by atoms with Crippen LogP contribution in [0.2, 0.25) is 39.3 Å². The monoisotopic (exact) mass is 388 g/mol. The van der Waals surface area contributed by atoms with Gasteiger partial charge in [0.05, 0.1) is 0 Å². The first-order chi connectivity index (χ1) is 9.36. The second kappa shape index (κ2) is 5.40. The zero-order valence-corrected chi connectivity index (χ0v) is 18.8. The Bertz CT molecular complexity index is 379. The molecule has 2 aliphatic heterocycles. The van der Waals surface area contributed by atoms with E-state index >= 15 is 0 Å². The van der Waals surface area contributed by atoms with Gasteiger partial charge in [0.2, 0.25) is 0 Å². The highest BCUT2D eigenvalue weighted by Crippen LogP contribution is 2.40. The minimum Gasteiger partial charge on any atom is -0.416 e. The molecule has 124 valence electrons. The van der Waals surface area contributed by atoms with Gasteiger partial charge in [0, 0.05) is 14.2 Å². The van der Waals surface area contributed by atoms with E-state index in [0.29, 0.717) is 0 Å². The van der Waals surface area contributed by atoms with Gasteiger partial charge in [-0.2, -0.15) is 0 Å². The van der Waals surface area contributed by atoms with Crippen molar-refractivity contribution in [3.05, 3.63) is 0 Å². The third-order valence-corrected chi connectivity index (χ3v) is 21.5. The Labute approximate surface area is 131 Å². The predicted octanol–water partition coefficient (Wildman–Crippen LogP) is 1.38. The fraction of sp³-hybridized carbons (Fsp3) is 1.00. The molecular formula is C8H24O8Si5. The van der Waals surface area contributed by atoms with E-state index < -0.39 is 43.8 Å². The summed E-state index contributed by atoms with van der Waals surface area (Å²) in [5.74, 6) is 0. The summed E-state index contributed by atoms with van der Waals surface area (Å²) in [5, 5.41) is 0. The summed E-state index contributed by atoms with van der Waals surface area (Å²) in [4.78, 5) is 0. The van der Waals surface area contributed by atoms with Crippen molar-refractivity contribution in [2.75, 3.05) is 14.2 Å². The minimum absolute atomic E-state index is 1.48. The molecule has 0 aromatic rings. The van der Waals surface area contributed by atoms with Crippen LogP contribution in [-0.4, -0.2) is 58.0 Å². The van der Waals surface area contributed by atoms with E-state index in [-0.39, 0.29) is 0 Å². The molecular weight excluding hydrogens is 365 g/mol. The average molecular weight is 389 g/mol. The second-order valence-electron chi connectivity index (χ2n) is 6.22. The van der Waals surface area contributed by atoms with Crippen LogP contribution in [0.3, 0.4) is 0 Å². The summed E-state index contributed by atoms with van der Waals surface area (Å²) >= 11 is 0. The Kier molecular flexibility index (Phi) is 4.65. The normalized spacial score (nSPS) is 32.0. The van der Waals surface area contributed by atoms with Crippen LogP contribution in [0.5, 0.6) is 0 Å². The van der Waals surface area contributed by atoms with Crippen molar-refractivity contribution < 1.29 is 33.5 Å². The largest absolute Gasteiger partial charge is 0.667 e. The van der Waals surface area contributed by atoms with Crippen LogP contribution in [0, 0.1) is 0 Å². The summed E-state index contributed by atoms with van der Waals surface area (Å²) in [6.45, 7) is 11.7. The van der Waals surface area contributed by atoms with Crippen molar-refractivity contribution in [2.24, 2.45) is 0 Å². The van der Waals surface area contributed by atoms with Gasteiger partial charge in [-0.15, -0.1) is 0 Å². The Hall–Kier alpha value is 0.764. The topological polar surface area (TPSA) is 73.8 Å². The first kappa shape index (κ1) is 18.1. The molecule has 1 spiro atoms. The molecule has 0 amide bonds. The van der Waals surface area contributed by atoms with Gasteiger partial charge in [-0.05, 0) is 39.3 Å². The van der Waals surface area contributed by atoms with Crippen LogP contribution in [0.4, 0.5) is 0 Å². The van der Waals surface area contributed by atoms with E-state index in [2.05, 4.69) is 0 Å². The first-order valence-electron chi connectivity index (χ1n) is 6.67. The molecule has 0 N–H and O–H groups in total. The van der Waals surface area contributed by atoms with Crippen molar-refractivity contribution in [1.82, 2.24) is 0 Å². The maximum absolute atomic E-state index is 6.16. The van der Waals surface area contributed by atoms with Crippen LogP contribution >= 0.6 is 0 Å². The van der Waals surface area contributed by atoms with Crippen molar-refractivity contribution >= 4 is 43.8 Å². The lowest BCUT2D eigenvalue weighted by atomic mass is 11.8. The van der Waals surface area contributed by atoms with Gasteiger partial charge in [0.25, 0.3) is 0 Å². The molecule has 0 bridgehead atoms. The molecule has 2 fully saturated rings. The Balaban J connectivity index is 2.24. The van der Waals surface area contributed by atoms with Gasteiger partial charge in [-0.25, -0.2) is 0 Å². The first-order valence-corrected chi connectivity index (χ1v) is 18.4. The molecule has 2 rings (SSSR count). The van der Waals surface area contributed by atoms with Crippen molar-refractivity contribution in [1.29, 1.82) is 0 Å². The Morgan fingerprint density at radius 1 is 0.524 bits per heavy atom. The van der Waals surface area contributed by atoms with Crippen molar-refractivity contribution in [2.45, 2.75) is 39.3 Å². The zero-order valence-electron chi connectivity index (χ0n) is 13.8. The van der Waals surface area contributed by atoms with Crippen LogP contribution < -0.4 is 0 Å². The molecule has 0 aromatic heterocycles. The van der Waals surface area contributed by atoms with Crippen molar-refractivity contribution in [3.8, 4) is 0 Å². The molecule has 2 saturated heterocycles. The summed E-state index contributed by atoms with van der Waals surface area (Å²) in [5.41, 5.74) is 0. The van der Waals surface area contributed by atoms with Gasteiger partial charge in [-0.1, -0.05) is 0 Å². The van der Waals surface area contributed by atoms with E-state index in [1.807, 2.05) is 39.3 Å². The molecule has 0 aromatic carbocycles. The number of rotatable bonds is 2. The van der Waals surface area contributed by atoms with Gasteiger partial charge in [0.1, 0.15) is 0 Å². The highest BCUT2D eigenvalue weighted by Gasteiger charge is 2.77. The zero-order chi connectivity index (χ0) is 16.2. The van der Waals surface area contributed by atoms with Gasteiger partial charge >= 0.3 is 43.8 Å². The SMILES string of the molecule is CO[Si]1(OC)O[Si]2(O[Si](C)(C)O[Si](C)(C)O[Si](C)(C)O2)O1. The van der Waals surface area contributed by atoms with Gasteiger partial charge in [-0.3, -0.25) is 0 Å². The average Bonchev–Trinajstić information content (AvgIpc) is 2.18. The van der Waals surface area contributed by atoms with Crippen LogP contribution in [0.1, 0.15) is 0 Å². The summed E-state index contributed by atoms with van der Waals surface area (Å²) in [7, 11) is -10.8. The van der Waals surface area contributed by atoms with E-state index in [1.165, 1.54) is 14.2 Å². The van der Waals surface area contributed by atoms with Crippen LogP contribution in [-0.2, 0) is 33.5 Å². The lowest BCUT2D eigenvalue weighted by Gasteiger charge is -2.52. The lowest BCUT2D eigenvalue weighted by Crippen LogP contribution is -2.81. The van der Waals surface area contributed by atoms with E-state index in [4.69, 9.17) is 33.5 Å². The fourth-order valence-corrected chi connectivity index (χ4v) is 25.1. The maximum atomic E-state index is 6.16. The molecule has 2 heterocycles.